The summed E-state index contributed by atoms with van der Waals surface area (Å²) >= 11 is 0. The lowest BCUT2D eigenvalue weighted by atomic mass is 10.0. The van der Waals surface area contributed by atoms with E-state index in [0.717, 1.165) is 11.1 Å². The molecule has 3 rings (SSSR count). The third kappa shape index (κ3) is 3.43. The summed E-state index contributed by atoms with van der Waals surface area (Å²) in [5.41, 5.74) is 3.41. The standard InChI is InChI=1S/C20H17N3O2/c1-14-18(19(22-25-14)17-6-4-3-5-7-17)20(24)23(2)13-16-10-8-15(12-21)9-11-16/h3-11H,13H2,1-2H3. The van der Waals surface area contributed by atoms with Crippen LogP contribution >= 0.6 is 0 Å². The van der Waals surface area contributed by atoms with Crippen molar-refractivity contribution in [2.75, 3.05) is 7.05 Å². The zero-order valence-electron chi connectivity index (χ0n) is 14.1. The molecule has 0 aliphatic carbocycles. The van der Waals surface area contributed by atoms with E-state index in [1.165, 1.54) is 0 Å². The molecule has 3 aromatic rings. The molecule has 0 saturated heterocycles. The van der Waals surface area contributed by atoms with Gasteiger partial charge in [-0.3, -0.25) is 4.79 Å². The van der Waals surface area contributed by atoms with Crippen LogP contribution in [0.5, 0.6) is 0 Å². The number of carbonyl (C=O) groups excluding carboxylic acids is 1. The molecule has 0 aliphatic heterocycles. The molecular weight excluding hydrogens is 314 g/mol. The molecular formula is C20H17N3O2. The minimum absolute atomic E-state index is 0.151. The van der Waals surface area contributed by atoms with E-state index in [9.17, 15) is 4.79 Å². The normalized spacial score (nSPS) is 10.3. The first-order valence-electron chi connectivity index (χ1n) is 7.86. The number of benzene rings is 2. The van der Waals surface area contributed by atoms with Crippen LogP contribution in [-0.2, 0) is 6.54 Å². The van der Waals surface area contributed by atoms with E-state index in [2.05, 4.69) is 11.2 Å². The molecule has 25 heavy (non-hydrogen) atoms. The summed E-state index contributed by atoms with van der Waals surface area (Å²) in [6, 6.07) is 18.8. The number of hydrogen-bond donors (Lipinski definition) is 0. The van der Waals surface area contributed by atoms with Crippen LogP contribution in [0.1, 0.15) is 27.2 Å². The summed E-state index contributed by atoms with van der Waals surface area (Å²) < 4.78 is 5.27. The molecule has 0 radical (unpaired) electrons. The van der Waals surface area contributed by atoms with Gasteiger partial charge in [-0.2, -0.15) is 5.26 Å². The van der Waals surface area contributed by atoms with Gasteiger partial charge >= 0.3 is 0 Å². The Morgan fingerprint density at radius 3 is 2.48 bits per heavy atom. The number of nitrogens with zero attached hydrogens (tertiary/aromatic N) is 3. The van der Waals surface area contributed by atoms with Gasteiger partial charge < -0.3 is 9.42 Å². The van der Waals surface area contributed by atoms with Crippen molar-refractivity contribution in [2.24, 2.45) is 0 Å². The van der Waals surface area contributed by atoms with E-state index in [-0.39, 0.29) is 5.91 Å². The second-order valence-electron chi connectivity index (χ2n) is 5.80. The third-order valence-corrected chi connectivity index (χ3v) is 3.97. The molecule has 0 atom stereocenters. The number of aryl methyl sites for hydroxylation is 1. The lowest BCUT2D eigenvalue weighted by Crippen LogP contribution is -2.27. The fourth-order valence-corrected chi connectivity index (χ4v) is 2.64. The summed E-state index contributed by atoms with van der Waals surface area (Å²) in [5.74, 6) is 0.345. The second-order valence-corrected chi connectivity index (χ2v) is 5.80. The molecule has 0 spiro atoms. The quantitative estimate of drug-likeness (QED) is 0.729. The zero-order valence-corrected chi connectivity index (χ0v) is 14.1. The van der Waals surface area contributed by atoms with Crippen LogP contribution in [0.15, 0.2) is 59.1 Å². The molecule has 0 N–H and O–H groups in total. The van der Waals surface area contributed by atoms with Gasteiger partial charge in [0, 0.05) is 19.2 Å². The Bertz CT molecular complexity index is 922. The van der Waals surface area contributed by atoms with Crippen LogP contribution in [0.2, 0.25) is 0 Å². The van der Waals surface area contributed by atoms with Crippen LogP contribution < -0.4 is 0 Å². The number of carbonyl (C=O) groups is 1. The maximum atomic E-state index is 12.9. The predicted octanol–water partition coefficient (Wildman–Crippen LogP) is 3.79. The first-order valence-corrected chi connectivity index (χ1v) is 7.86. The van der Waals surface area contributed by atoms with Gasteiger partial charge in [-0.1, -0.05) is 47.6 Å². The molecule has 2 aromatic carbocycles. The molecule has 1 aromatic heterocycles. The zero-order chi connectivity index (χ0) is 17.8. The number of amides is 1. The number of nitriles is 1. The van der Waals surface area contributed by atoms with Crippen molar-refractivity contribution in [3.05, 3.63) is 77.0 Å². The average molecular weight is 331 g/mol. The van der Waals surface area contributed by atoms with E-state index >= 15 is 0 Å². The lowest BCUT2D eigenvalue weighted by Gasteiger charge is -2.17. The van der Waals surface area contributed by atoms with Crippen molar-refractivity contribution in [3.8, 4) is 17.3 Å². The lowest BCUT2D eigenvalue weighted by molar-refractivity contribution is 0.0784. The molecule has 1 amide bonds. The minimum Gasteiger partial charge on any atom is -0.360 e. The molecule has 0 fully saturated rings. The van der Waals surface area contributed by atoms with Crippen molar-refractivity contribution in [2.45, 2.75) is 13.5 Å². The van der Waals surface area contributed by atoms with Gasteiger partial charge in [-0.25, -0.2) is 0 Å². The fraction of sp³-hybridized carbons (Fsp3) is 0.150. The Morgan fingerprint density at radius 1 is 1.16 bits per heavy atom. The van der Waals surface area contributed by atoms with Crippen molar-refractivity contribution < 1.29 is 9.32 Å². The summed E-state index contributed by atoms with van der Waals surface area (Å²) in [6.07, 6.45) is 0. The van der Waals surface area contributed by atoms with Gasteiger partial charge in [0.1, 0.15) is 17.0 Å². The highest BCUT2D eigenvalue weighted by atomic mass is 16.5. The monoisotopic (exact) mass is 331 g/mol. The predicted molar refractivity (Wildman–Crippen MR) is 93.6 cm³/mol. The first-order chi connectivity index (χ1) is 12.1. The topological polar surface area (TPSA) is 70.1 Å². The number of hydrogen-bond acceptors (Lipinski definition) is 4. The maximum Gasteiger partial charge on any atom is 0.259 e. The molecule has 0 saturated carbocycles. The van der Waals surface area contributed by atoms with Gasteiger partial charge in [0.25, 0.3) is 5.91 Å². The van der Waals surface area contributed by atoms with Crippen LogP contribution in [-0.4, -0.2) is 23.0 Å². The summed E-state index contributed by atoms with van der Waals surface area (Å²) in [5, 5.41) is 12.9. The van der Waals surface area contributed by atoms with Crippen LogP contribution in [0.25, 0.3) is 11.3 Å². The molecule has 1 heterocycles. The van der Waals surface area contributed by atoms with Crippen LogP contribution in [0.4, 0.5) is 0 Å². The van der Waals surface area contributed by atoms with Crippen molar-refractivity contribution in [3.63, 3.8) is 0 Å². The molecule has 0 bridgehead atoms. The maximum absolute atomic E-state index is 12.9. The molecule has 5 heteroatoms. The Labute approximate surface area is 146 Å². The average Bonchev–Trinajstić information content (AvgIpc) is 3.04. The molecule has 124 valence electrons. The second kappa shape index (κ2) is 7.02. The smallest absolute Gasteiger partial charge is 0.259 e. The van der Waals surface area contributed by atoms with Crippen molar-refractivity contribution in [1.82, 2.24) is 10.1 Å². The SMILES string of the molecule is Cc1onc(-c2ccccc2)c1C(=O)N(C)Cc1ccc(C#N)cc1. The Balaban J connectivity index is 1.85. The number of aromatic nitrogens is 1. The van der Waals surface area contributed by atoms with Gasteiger partial charge in [0.2, 0.25) is 0 Å². The molecule has 0 unspecified atom stereocenters. The Hall–Kier alpha value is -3.39. The highest BCUT2D eigenvalue weighted by Gasteiger charge is 2.24. The van der Waals surface area contributed by atoms with E-state index in [1.54, 1.807) is 31.0 Å². The van der Waals surface area contributed by atoms with Crippen molar-refractivity contribution >= 4 is 5.91 Å². The minimum atomic E-state index is -0.151. The highest BCUT2D eigenvalue weighted by molar-refractivity contribution is 6.00. The summed E-state index contributed by atoms with van der Waals surface area (Å²) in [6.45, 7) is 2.17. The van der Waals surface area contributed by atoms with Gasteiger partial charge in [-0.15, -0.1) is 0 Å². The largest absolute Gasteiger partial charge is 0.360 e. The van der Waals surface area contributed by atoms with Gasteiger partial charge in [0.05, 0.1) is 11.6 Å². The fourth-order valence-electron chi connectivity index (χ4n) is 2.64. The summed E-state index contributed by atoms with van der Waals surface area (Å²) in [4.78, 5) is 14.5. The Kier molecular flexibility index (Phi) is 4.62. The van der Waals surface area contributed by atoms with E-state index in [0.29, 0.717) is 29.1 Å². The molecule has 0 aliphatic rings. The van der Waals surface area contributed by atoms with Gasteiger partial charge in [-0.05, 0) is 24.6 Å². The van der Waals surface area contributed by atoms with Crippen molar-refractivity contribution in [1.29, 1.82) is 5.26 Å². The summed E-state index contributed by atoms with van der Waals surface area (Å²) in [7, 11) is 1.74. The van der Waals surface area contributed by atoms with Crippen LogP contribution in [0, 0.1) is 18.3 Å². The first kappa shape index (κ1) is 16.5. The molecule has 5 nitrogen and oxygen atoms in total. The van der Waals surface area contributed by atoms with E-state index in [4.69, 9.17) is 9.78 Å². The van der Waals surface area contributed by atoms with E-state index in [1.807, 2.05) is 42.5 Å². The number of rotatable bonds is 4. The van der Waals surface area contributed by atoms with E-state index < -0.39 is 0 Å². The Morgan fingerprint density at radius 2 is 1.84 bits per heavy atom. The van der Waals surface area contributed by atoms with Gasteiger partial charge in [0.15, 0.2) is 0 Å². The third-order valence-electron chi connectivity index (χ3n) is 3.97. The van der Waals surface area contributed by atoms with Crippen LogP contribution in [0.3, 0.4) is 0 Å². The highest BCUT2D eigenvalue weighted by Crippen LogP contribution is 2.26.